The van der Waals surface area contributed by atoms with Gasteiger partial charge >= 0.3 is 0 Å². The van der Waals surface area contributed by atoms with Crippen molar-refractivity contribution >= 4 is 23.3 Å². The molecule has 0 saturated heterocycles. The molecule has 0 spiro atoms. The highest BCUT2D eigenvalue weighted by atomic mass is 35.5. The highest BCUT2D eigenvalue weighted by Gasteiger charge is 2.08. The Kier molecular flexibility index (Phi) is 3.19. The minimum Gasteiger partial charge on any atom is -0.350 e. The van der Waals surface area contributed by atoms with E-state index >= 15 is 0 Å². The molecule has 0 aliphatic rings. The van der Waals surface area contributed by atoms with E-state index < -0.39 is 0 Å². The second kappa shape index (κ2) is 4.03. The third kappa shape index (κ3) is 1.63. The first kappa shape index (κ1) is 11.1. The lowest BCUT2D eigenvalue weighted by Gasteiger charge is -2.01. The molecule has 0 saturated carbocycles. The number of hydrogen-bond acceptors (Lipinski definition) is 1. The number of nitrogens with zero attached hydrogens (tertiary/aromatic N) is 1. The van der Waals surface area contributed by atoms with Crippen LogP contribution >= 0.6 is 12.4 Å². The number of halogens is 1. The second-order valence-electron chi connectivity index (χ2n) is 3.50. The molecule has 0 aliphatic carbocycles. The Morgan fingerprint density at radius 2 is 1.93 bits per heavy atom. The van der Waals surface area contributed by atoms with Crippen LogP contribution < -0.4 is 5.73 Å². The first-order chi connectivity index (χ1) is 6.20. The van der Waals surface area contributed by atoms with Gasteiger partial charge in [-0.25, -0.2) is 0 Å². The first-order valence-corrected chi connectivity index (χ1v) is 4.49. The summed E-state index contributed by atoms with van der Waals surface area (Å²) in [6, 6.07) is 8.43. The van der Waals surface area contributed by atoms with Gasteiger partial charge in [0.05, 0.1) is 0 Å². The smallest absolute Gasteiger partial charge is 0.0481 e. The van der Waals surface area contributed by atoms with Crippen molar-refractivity contribution in [2.24, 2.45) is 12.8 Å². The fourth-order valence-electron chi connectivity index (χ4n) is 1.74. The van der Waals surface area contributed by atoms with Crippen LogP contribution in [0.25, 0.3) is 10.9 Å². The zero-order chi connectivity index (χ0) is 9.42. The topological polar surface area (TPSA) is 30.9 Å². The van der Waals surface area contributed by atoms with Gasteiger partial charge in [0.15, 0.2) is 0 Å². The Balaban J connectivity index is 0.000000980. The van der Waals surface area contributed by atoms with E-state index in [-0.39, 0.29) is 18.4 Å². The molecule has 0 radical (unpaired) electrons. The van der Waals surface area contributed by atoms with E-state index in [0.717, 1.165) is 0 Å². The zero-order valence-electron chi connectivity index (χ0n) is 8.40. The predicted octanol–water partition coefficient (Wildman–Crippen LogP) is 2.62. The second-order valence-corrected chi connectivity index (χ2v) is 3.50. The molecule has 1 aromatic heterocycles. The Morgan fingerprint density at radius 1 is 1.29 bits per heavy atom. The minimum atomic E-state index is 0. The molecule has 2 rings (SSSR count). The molecule has 14 heavy (non-hydrogen) atoms. The molecule has 0 fully saturated rings. The standard InChI is InChI=1S/C11H14N2.ClH/c1-8(12)10-7-13(2)11-6-4-3-5-9(10)11;/h3-8H,12H2,1-2H3;1H/t8-;/m0./s1. The lowest BCUT2D eigenvalue weighted by molar-refractivity contribution is 0.815. The number of fused-ring (bicyclic) bond motifs is 1. The number of nitrogens with two attached hydrogens (primary N) is 1. The summed E-state index contributed by atoms with van der Waals surface area (Å²) in [6.07, 6.45) is 2.11. The summed E-state index contributed by atoms with van der Waals surface area (Å²) in [5.41, 5.74) is 8.35. The summed E-state index contributed by atoms with van der Waals surface area (Å²) in [5.74, 6) is 0. The van der Waals surface area contributed by atoms with Gasteiger partial charge in [-0.2, -0.15) is 0 Å². The van der Waals surface area contributed by atoms with E-state index in [9.17, 15) is 0 Å². The van der Waals surface area contributed by atoms with Crippen molar-refractivity contribution in [1.82, 2.24) is 4.57 Å². The third-order valence-electron chi connectivity index (χ3n) is 2.42. The quantitative estimate of drug-likeness (QED) is 0.771. The molecule has 0 unspecified atom stereocenters. The Labute approximate surface area is 90.1 Å². The number of aryl methyl sites for hydroxylation is 1. The molecule has 76 valence electrons. The van der Waals surface area contributed by atoms with Gasteiger partial charge in [0.1, 0.15) is 0 Å². The lowest BCUT2D eigenvalue weighted by Crippen LogP contribution is -2.03. The molecule has 1 aromatic carbocycles. The van der Waals surface area contributed by atoms with E-state index in [1.165, 1.54) is 16.5 Å². The molecule has 0 amide bonds. The van der Waals surface area contributed by atoms with Crippen LogP contribution in [0.5, 0.6) is 0 Å². The van der Waals surface area contributed by atoms with Crippen molar-refractivity contribution in [2.75, 3.05) is 0 Å². The van der Waals surface area contributed by atoms with Crippen molar-refractivity contribution in [2.45, 2.75) is 13.0 Å². The number of aromatic nitrogens is 1. The molecule has 1 atom stereocenters. The molecule has 3 heteroatoms. The lowest BCUT2D eigenvalue weighted by atomic mass is 10.1. The van der Waals surface area contributed by atoms with E-state index in [1.807, 2.05) is 26.1 Å². The van der Waals surface area contributed by atoms with Crippen LogP contribution in [0, 0.1) is 0 Å². The van der Waals surface area contributed by atoms with E-state index in [4.69, 9.17) is 5.73 Å². The Morgan fingerprint density at radius 3 is 2.57 bits per heavy atom. The summed E-state index contributed by atoms with van der Waals surface area (Å²) >= 11 is 0. The van der Waals surface area contributed by atoms with Gasteiger partial charge in [-0.1, -0.05) is 18.2 Å². The summed E-state index contributed by atoms with van der Waals surface area (Å²) in [4.78, 5) is 0. The molecule has 0 aliphatic heterocycles. The molecule has 2 N–H and O–H groups in total. The molecular formula is C11H15ClN2. The highest BCUT2D eigenvalue weighted by Crippen LogP contribution is 2.23. The summed E-state index contributed by atoms with van der Waals surface area (Å²) < 4.78 is 2.12. The molecule has 2 nitrogen and oxygen atoms in total. The molecule has 2 aromatic rings. The van der Waals surface area contributed by atoms with Crippen molar-refractivity contribution in [1.29, 1.82) is 0 Å². The van der Waals surface area contributed by atoms with Crippen LogP contribution in [0.1, 0.15) is 18.5 Å². The monoisotopic (exact) mass is 210 g/mol. The van der Waals surface area contributed by atoms with Gasteiger partial charge in [0, 0.05) is 30.2 Å². The average molecular weight is 211 g/mol. The van der Waals surface area contributed by atoms with Crippen LogP contribution in [-0.4, -0.2) is 4.57 Å². The Bertz CT molecular complexity index is 432. The van der Waals surface area contributed by atoms with Crippen LogP contribution in [-0.2, 0) is 7.05 Å². The Hall–Kier alpha value is -0.990. The predicted molar refractivity (Wildman–Crippen MR) is 62.8 cm³/mol. The van der Waals surface area contributed by atoms with E-state index in [2.05, 4.69) is 22.9 Å². The molecule has 0 bridgehead atoms. The van der Waals surface area contributed by atoms with Crippen LogP contribution in [0.3, 0.4) is 0 Å². The van der Waals surface area contributed by atoms with Crippen LogP contribution in [0.15, 0.2) is 30.5 Å². The summed E-state index contributed by atoms with van der Waals surface area (Å²) in [6.45, 7) is 2.02. The molecular weight excluding hydrogens is 196 g/mol. The highest BCUT2D eigenvalue weighted by molar-refractivity contribution is 5.85. The van der Waals surface area contributed by atoms with Crippen molar-refractivity contribution in [3.63, 3.8) is 0 Å². The number of para-hydroxylation sites is 1. The van der Waals surface area contributed by atoms with Crippen LogP contribution in [0.4, 0.5) is 0 Å². The minimum absolute atomic E-state index is 0. The number of rotatable bonds is 1. The van der Waals surface area contributed by atoms with Crippen molar-refractivity contribution in [3.8, 4) is 0 Å². The summed E-state index contributed by atoms with van der Waals surface area (Å²) in [5, 5.41) is 1.26. The van der Waals surface area contributed by atoms with E-state index in [1.54, 1.807) is 0 Å². The largest absolute Gasteiger partial charge is 0.350 e. The third-order valence-corrected chi connectivity index (χ3v) is 2.42. The summed E-state index contributed by atoms with van der Waals surface area (Å²) in [7, 11) is 2.05. The number of benzene rings is 1. The maximum Gasteiger partial charge on any atom is 0.0481 e. The fourth-order valence-corrected chi connectivity index (χ4v) is 1.74. The van der Waals surface area contributed by atoms with Gasteiger partial charge < -0.3 is 10.3 Å². The van der Waals surface area contributed by atoms with Gasteiger partial charge in [0.2, 0.25) is 0 Å². The number of hydrogen-bond donors (Lipinski definition) is 1. The van der Waals surface area contributed by atoms with Gasteiger partial charge in [0.25, 0.3) is 0 Å². The zero-order valence-corrected chi connectivity index (χ0v) is 9.21. The van der Waals surface area contributed by atoms with Crippen molar-refractivity contribution in [3.05, 3.63) is 36.0 Å². The fraction of sp³-hybridized carbons (Fsp3) is 0.273. The maximum atomic E-state index is 5.88. The van der Waals surface area contributed by atoms with Gasteiger partial charge in [-0.15, -0.1) is 12.4 Å². The average Bonchev–Trinajstić information content (AvgIpc) is 2.45. The first-order valence-electron chi connectivity index (χ1n) is 4.49. The SMILES string of the molecule is C[C@H](N)c1cn(C)c2ccccc12.Cl. The van der Waals surface area contributed by atoms with Gasteiger partial charge in [-0.3, -0.25) is 0 Å². The van der Waals surface area contributed by atoms with Gasteiger partial charge in [-0.05, 0) is 18.6 Å². The van der Waals surface area contributed by atoms with E-state index in [0.29, 0.717) is 0 Å². The maximum absolute atomic E-state index is 5.88. The normalized spacial score (nSPS) is 12.5. The van der Waals surface area contributed by atoms with Crippen LogP contribution in [0.2, 0.25) is 0 Å². The molecule has 1 heterocycles. The van der Waals surface area contributed by atoms with Crippen molar-refractivity contribution < 1.29 is 0 Å².